The number of nitrogens with one attached hydrogen (secondary N) is 1. The lowest BCUT2D eigenvalue weighted by Crippen LogP contribution is -2.49. The maximum atomic E-state index is 12.7. The zero-order valence-electron chi connectivity index (χ0n) is 15.8. The van der Waals surface area contributed by atoms with Crippen LogP contribution in [0.4, 0.5) is 5.69 Å². The number of carbonyl (C=O) groups is 1. The van der Waals surface area contributed by atoms with Crippen molar-refractivity contribution >= 4 is 11.6 Å². The number of anilines is 1. The van der Waals surface area contributed by atoms with Crippen LogP contribution in [-0.2, 0) is 0 Å². The van der Waals surface area contributed by atoms with E-state index in [0.717, 1.165) is 13.1 Å². The fourth-order valence-electron chi connectivity index (χ4n) is 3.38. The van der Waals surface area contributed by atoms with Crippen LogP contribution in [0.2, 0.25) is 0 Å². The standard InChI is InChI=1S/C20H21N5O3/c1-13-5-3-7-16(14(13)2)24-9-11-25(12-10-24)20(27)17-22-19(28-23-17)15-6-4-8-21-18(15)26/h3-8H,9-12H2,1-2H3,(H,21,26). The number of rotatable bonds is 3. The van der Waals surface area contributed by atoms with Gasteiger partial charge in [0.05, 0.1) is 0 Å². The van der Waals surface area contributed by atoms with Gasteiger partial charge < -0.3 is 19.3 Å². The summed E-state index contributed by atoms with van der Waals surface area (Å²) in [5, 5.41) is 3.77. The Kier molecular flexibility index (Phi) is 4.68. The van der Waals surface area contributed by atoms with Gasteiger partial charge in [-0.3, -0.25) is 9.59 Å². The number of aromatic nitrogens is 3. The van der Waals surface area contributed by atoms with E-state index in [2.05, 4.69) is 52.1 Å². The topological polar surface area (TPSA) is 95.3 Å². The first-order valence-corrected chi connectivity index (χ1v) is 9.17. The van der Waals surface area contributed by atoms with Gasteiger partial charge in [0.2, 0.25) is 0 Å². The highest BCUT2D eigenvalue weighted by molar-refractivity contribution is 5.91. The minimum Gasteiger partial charge on any atom is -0.368 e. The van der Waals surface area contributed by atoms with Gasteiger partial charge in [0, 0.05) is 38.1 Å². The minimum atomic E-state index is -0.340. The molecule has 1 amide bonds. The van der Waals surface area contributed by atoms with Crippen molar-refractivity contribution in [3.05, 3.63) is 63.8 Å². The van der Waals surface area contributed by atoms with Gasteiger partial charge >= 0.3 is 0 Å². The molecule has 8 heteroatoms. The maximum Gasteiger partial charge on any atom is 0.295 e. The van der Waals surface area contributed by atoms with E-state index in [4.69, 9.17) is 4.52 Å². The highest BCUT2D eigenvalue weighted by Crippen LogP contribution is 2.24. The van der Waals surface area contributed by atoms with Gasteiger partial charge in [0.1, 0.15) is 5.56 Å². The second-order valence-corrected chi connectivity index (χ2v) is 6.83. The van der Waals surface area contributed by atoms with Gasteiger partial charge in [-0.15, -0.1) is 0 Å². The molecule has 0 bridgehead atoms. The van der Waals surface area contributed by atoms with Gasteiger partial charge in [-0.1, -0.05) is 17.3 Å². The van der Waals surface area contributed by atoms with Crippen molar-refractivity contribution in [3.8, 4) is 11.5 Å². The van der Waals surface area contributed by atoms with Crippen LogP contribution in [-0.4, -0.2) is 52.1 Å². The first-order chi connectivity index (χ1) is 13.5. The molecule has 1 aromatic carbocycles. The van der Waals surface area contributed by atoms with Crippen LogP contribution in [0.3, 0.4) is 0 Å². The van der Waals surface area contributed by atoms with Crippen molar-refractivity contribution in [3.63, 3.8) is 0 Å². The number of pyridine rings is 1. The fraction of sp³-hybridized carbons (Fsp3) is 0.300. The van der Waals surface area contributed by atoms with Gasteiger partial charge in [0.25, 0.3) is 23.2 Å². The predicted molar refractivity (Wildman–Crippen MR) is 104 cm³/mol. The summed E-state index contributed by atoms with van der Waals surface area (Å²) in [4.78, 5) is 35.2. The van der Waals surface area contributed by atoms with Crippen LogP contribution in [0, 0.1) is 13.8 Å². The largest absolute Gasteiger partial charge is 0.368 e. The predicted octanol–water partition coefficient (Wildman–Crippen LogP) is 2.00. The maximum absolute atomic E-state index is 12.7. The molecule has 1 fully saturated rings. The number of amides is 1. The van der Waals surface area contributed by atoms with Crippen LogP contribution >= 0.6 is 0 Å². The Balaban J connectivity index is 1.46. The van der Waals surface area contributed by atoms with Gasteiger partial charge in [-0.05, 0) is 43.2 Å². The van der Waals surface area contributed by atoms with E-state index in [1.54, 1.807) is 17.0 Å². The normalized spacial score (nSPS) is 14.4. The number of benzene rings is 1. The molecule has 2 aromatic heterocycles. The number of aromatic amines is 1. The molecule has 1 saturated heterocycles. The van der Waals surface area contributed by atoms with Crippen molar-refractivity contribution in [1.82, 2.24) is 20.0 Å². The van der Waals surface area contributed by atoms with Gasteiger partial charge in [-0.25, -0.2) is 0 Å². The summed E-state index contributed by atoms with van der Waals surface area (Å²) in [5.74, 6) is -0.277. The van der Waals surface area contributed by atoms with Crippen LogP contribution in [0.15, 0.2) is 45.8 Å². The number of aryl methyl sites for hydroxylation is 1. The van der Waals surface area contributed by atoms with E-state index in [1.165, 1.54) is 23.0 Å². The van der Waals surface area contributed by atoms with Crippen LogP contribution in [0.5, 0.6) is 0 Å². The highest BCUT2D eigenvalue weighted by Gasteiger charge is 2.27. The molecular formula is C20H21N5O3. The first kappa shape index (κ1) is 18.0. The Morgan fingerprint density at radius 1 is 1.11 bits per heavy atom. The molecule has 1 N–H and O–H groups in total. The van der Waals surface area contributed by atoms with Crippen LogP contribution in [0.25, 0.3) is 11.5 Å². The number of hydrogen-bond donors (Lipinski definition) is 1. The van der Waals surface area contributed by atoms with Crippen molar-refractivity contribution < 1.29 is 9.32 Å². The summed E-state index contributed by atoms with van der Waals surface area (Å²) < 4.78 is 5.12. The number of hydrogen-bond acceptors (Lipinski definition) is 6. The summed E-state index contributed by atoms with van der Waals surface area (Å²) >= 11 is 0. The third-order valence-electron chi connectivity index (χ3n) is 5.15. The SMILES string of the molecule is Cc1cccc(N2CCN(C(=O)c3noc(-c4ccc[nH]c4=O)n3)CC2)c1C. The number of nitrogens with zero attached hydrogens (tertiary/aromatic N) is 4. The van der Waals surface area contributed by atoms with E-state index >= 15 is 0 Å². The minimum absolute atomic E-state index is 0.0292. The number of piperazine rings is 1. The quantitative estimate of drug-likeness (QED) is 0.748. The second-order valence-electron chi connectivity index (χ2n) is 6.83. The van der Waals surface area contributed by atoms with Crippen molar-refractivity contribution in [2.45, 2.75) is 13.8 Å². The summed E-state index contributed by atoms with van der Waals surface area (Å²) in [6.45, 7) is 6.83. The lowest BCUT2D eigenvalue weighted by molar-refractivity contribution is 0.0731. The smallest absolute Gasteiger partial charge is 0.295 e. The van der Waals surface area contributed by atoms with E-state index in [-0.39, 0.29) is 28.7 Å². The Morgan fingerprint density at radius 2 is 1.89 bits per heavy atom. The molecule has 0 unspecified atom stereocenters. The highest BCUT2D eigenvalue weighted by atomic mass is 16.5. The number of carbonyl (C=O) groups excluding carboxylic acids is 1. The van der Waals surface area contributed by atoms with Crippen LogP contribution in [0.1, 0.15) is 21.7 Å². The van der Waals surface area contributed by atoms with Crippen LogP contribution < -0.4 is 10.5 Å². The Labute approximate surface area is 161 Å². The molecule has 1 aliphatic rings. The lowest BCUT2D eigenvalue weighted by atomic mass is 10.1. The number of H-pyrrole nitrogens is 1. The van der Waals surface area contributed by atoms with Crippen molar-refractivity contribution in [2.75, 3.05) is 31.1 Å². The molecular weight excluding hydrogens is 358 g/mol. The molecule has 0 spiro atoms. The third kappa shape index (κ3) is 3.28. The average Bonchev–Trinajstić information content (AvgIpc) is 3.20. The summed E-state index contributed by atoms with van der Waals surface area (Å²) in [5.41, 5.74) is 3.63. The van der Waals surface area contributed by atoms with E-state index in [9.17, 15) is 9.59 Å². The summed E-state index contributed by atoms with van der Waals surface area (Å²) in [7, 11) is 0. The average molecular weight is 379 g/mol. The van der Waals surface area contributed by atoms with Crippen molar-refractivity contribution in [1.29, 1.82) is 0 Å². The molecule has 0 aliphatic carbocycles. The Hall–Kier alpha value is -3.42. The van der Waals surface area contributed by atoms with Gasteiger partial charge in [0.15, 0.2) is 0 Å². The third-order valence-corrected chi connectivity index (χ3v) is 5.15. The summed E-state index contributed by atoms with van der Waals surface area (Å²) in [6, 6.07) is 9.51. The van der Waals surface area contributed by atoms with E-state index < -0.39 is 0 Å². The lowest BCUT2D eigenvalue weighted by Gasteiger charge is -2.36. The molecule has 1 aliphatic heterocycles. The van der Waals surface area contributed by atoms with Crippen molar-refractivity contribution in [2.24, 2.45) is 0 Å². The molecule has 28 heavy (non-hydrogen) atoms. The molecule has 3 heterocycles. The fourth-order valence-corrected chi connectivity index (χ4v) is 3.38. The zero-order chi connectivity index (χ0) is 19.7. The second kappa shape index (κ2) is 7.30. The molecule has 8 nitrogen and oxygen atoms in total. The molecule has 144 valence electrons. The van der Waals surface area contributed by atoms with E-state index in [1.807, 2.05) is 0 Å². The molecule has 0 saturated carbocycles. The first-order valence-electron chi connectivity index (χ1n) is 9.17. The summed E-state index contributed by atoms with van der Waals surface area (Å²) in [6.07, 6.45) is 1.52. The molecule has 4 rings (SSSR count). The van der Waals surface area contributed by atoms with Gasteiger partial charge in [-0.2, -0.15) is 4.98 Å². The molecule has 3 aromatic rings. The molecule has 0 radical (unpaired) electrons. The Morgan fingerprint density at radius 3 is 2.64 bits per heavy atom. The monoisotopic (exact) mass is 379 g/mol. The molecule has 0 atom stereocenters. The Bertz CT molecular complexity index is 1060. The van der Waals surface area contributed by atoms with E-state index in [0.29, 0.717) is 13.1 Å². The zero-order valence-corrected chi connectivity index (χ0v) is 15.8.